The standard InChI is InChI=1S/C31H39N2O6P2.CH4.BrH/c1-4-38-41(36,39-5-2)31(3)26(21-23-33(31)35)25-37-30(34)32-22-24-40(27-15-9-6-10-16-27,28-17-11-7-12-18-28)29-19-13-8-14-20-29;;/h6-20,23,26H,4-5,21-22,24-25H2,1-3H3,(H-,32,34,35);1H4;1H/q+1;;/t26-,31+;;/m1../s1. The van der Waals surface area contributed by atoms with Crippen LogP contribution in [-0.2, 0) is 18.3 Å². The number of halogens is 1. The van der Waals surface area contributed by atoms with Gasteiger partial charge in [0, 0.05) is 13.3 Å². The molecule has 8 nitrogen and oxygen atoms in total. The first-order valence-electron chi connectivity index (χ1n) is 14.0. The summed E-state index contributed by atoms with van der Waals surface area (Å²) in [6, 6.07) is 31.4. The molecule has 0 aliphatic carbocycles. The lowest BCUT2D eigenvalue weighted by molar-refractivity contribution is -0.805. The zero-order valence-electron chi connectivity index (χ0n) is 24.3. The Labute approximate surface area is 267 Å². The van der Waals surface area contributed by atoms with Crippen LogP contribution in [0.25, 0.3) is 0 Å². The lowest BCUT2D eigenvalue weighted by Crippen LogP contribution is -3.00. The molecule has 2 N–H and O–H groups in total. The number of hydroxylamine groups is 1. The molecule has 1 heterocycles. The third-order valence-corrected chi connectivity index (χ3v) is 15.0. The highest BCUT2D eigenvalue weighted by atomic mass is 79.9. The molecule has 1 amide bonds. The summed E-state index contributed by atoms with van der Waals surface area (Å²) in [5.74, 6) is -0.494. The molecule has 234 valence electrons. The van der Waals surface area contributed by atoms with Crippen LogP contribution in [0.2, 0.25) is 0 Å². The van der Waals surface area contributed by atoms with Crippen LogP contribution in [-0.4, -0.2) is 60.1 Å². The van der Waals surface area contributed by atoms with Crippen LogP contribution in [0.1, 0.15) is 34.6 Å². The van der Waals surface area contributed by atoms with Crippen LogP contribution in [0.4, 0.5) is 4.79 Å². The molecule has 2 atom stereocenters. The molecular formula is C32H44BrN2O6P2+. The quantitative estimate of drug-likeness (QED) is 0.163. The highest BCUT2D eigenvalue weighted by Gasteiger charge is 2.66. The van der Waals surface area contributed by atoms with E-state index in [1.165, 1.54) is 22.1 Å². The van der Waals surface area contributed by atoms with Crippen molar-refractivity contribution < 1.29 is 50.1 Å². The minimum Gasteiger partial charge on any atom is -1.00 e. The Bertz CT molecular complexity index is 1260. The number of amides is 1. The van der Waals surface area contributed by atoms with E-state index < -0.39 is 32.1 Å². The first kappa shape index (κ1) is 36.7. The number of benzene rings is 3. The fraction of sp³-hybridized carbons (Fsp3) is 0.375. The molecule has 4 rings (SSSR count). The highest BCUT2D eigenvalue weighted by molar-refractivity contribution is 7.95. The normalized spacial score (nSPS) is 18.1. The van der Waals surface area contributed by atoms with Gasteiger partial charge in [0.1, 0.15) is 29.8 Å². The molecule has 0 fully saturated rings. The van der Waals surface area contributed by atoms with Crippen LogP contribution in [0.15, 0.2) is 91.0 Å². The average Bonchev–Trinajstić information content (AvgIpc) is 3.30. The molecule has 0 aromatic heterocycles. The van der Waals surface area contributed by atoms with E-state index in [0.29, 0.717) is 19.1 Å². The third-order valence-electron chi connectivity index (χ3n) is 7.68. The average molecular weight is 695 g/mol. The van der Waals surface area contributed by atoms with Gasteiger partial charge in [-0.25, -0.2) is 4.79 Å². The van der Waals surface area contributed by atoms with Gasteiger partial charge < -0.3 is 36.1 Å². The smallest absolute Gasteiger partial charge is 0.407 e. The Morgan fingerprint density at radius 1 is 0.930 bits per heavy atom. The summed E-state index contributed by atoms with van der Waals surface area (Å²) in [5.41, 5.74) is 0. The van der Waals surface area contributed by atoms with Crippen molar-refractivity contribution in [3.8, 4) is 0 Å². The Balaban J connectivity index is 0.00000323. The Morgan fingerprint density at radius 2 is 1.37 bits per heavy atom. The minimum absolute atomic E-state index is 0. The lowest BCUT2D eigenvalue weighted by Gasteiger charge is -2.31. The van der Waals surface area contributed by atoms with Crippen LogP contribution in [0.5, 0.6) is 0 Å². The minimum atomic E-state index is -3.76. The van der Waals surface area contributed by atoms with Crippen LogP contribution in [0.3, 0.4) is 0 Å². The second-order valence-electron chi connectivity index (χ2n) is 9.95. The van der Waals surface area contributed by atoms with Gasteiger partial charge in [0.25, 0.3) is 0 Å². The molecule has 43 heavy (non-hydrogen) atoms. The first-order valence-corrected chi connectivity index (χ1v) is 17.5. The van der Waals surface area contributed by atoms with E-state index >= 15 is 0 Å². The van der Waals surface area contributed by atoms with Gasteiger partial charge in [0.2, 0.25) is 0 Å². The van der Waals surface area contributed by atoms with Crippen LogP contribution in [0, 0.1) is 5.92 Å². The lowest BCUT2D eigenvalue weighted by atomic mass is 10.0. The predicted octanol–water partition coefficient (Wildman–Crippen LogP) is 2.82. The Morgan fingerprint density at radius 3 is 1.79 bits per heavy atom. The highest BCUT2D eigenvalue weighted by Crippen LogP contribution is 2.64. The molecule has 0 saturated heterocycles. The van der Waals surface area contributed by atoms with E-state index in [2.05, 4.69) is 78.1 Å². The van der Waals surface area contributed by atoms with E-state index in [0.717, 1.165) is 4.74 Å². The van der Waals surface area contributed by atoms with E-state index in [9.17, 15) is 14.6 Å². The molecule has 11 heteroatoms. The predicted molar refractivity (Wildman–Crippen MR) is 172 cm³/mol. The molecule has 1 aliphatic heterocycles. The van der Waals surface area contributed by atoms with Gasteiger partial charge in [-0.15, -0.1) is 0 Å². The van der Waals surface area contributed by atoms with Crippen molar-refractivity contribution in [2.45, 2.75) is 39.9 Å². The maximum absolute atomic E-state index is 13.7. The summed E-state index contributed by atoms with van der Waals surface area (Å²) in [6.07, 6.45) is 2.01. The number of carbonyl (C=O) groups excluding carboxylic acids is 1. The summed E-state index contributed by atoms with van der Waals surface area (Å²) in [7, 11) is -5.86. The number of rotatable bonds is 13. The monoisotopic (exact) mass is 693 g/mol. The maximum atomic E-state index is 13.7. The van der Waals surface area contributed by atoms with Crippen molar-refractivity contribution in [1.29, 1.82) is 0 Å². The third kappa shape index (κ3) is 7.58. The summed E-state index contributed by atoms with van der Waals surface area (Å²) in [4.78, 5) is 12.9. The zero-order valence-corrected chi connectivity index (χ0v) is 27.6. The van der Waals surface area contributed by atoms with E-state index in [4.69, 9.17) is 13.8 Å². The van der Waals surface area contributed by atoms with Crippen molar-refractivity contribution in [3.05, 3.63) is 91.0 Å². The molecule has 0 spiro atoms. The number of nitrogens with zero attached hydrogens (tertiary/aromatic N) is 1. The molecule has 0 unspecified atom stereocenters. The number of carbonyl (C=O) groups is 1. The van der Waals surface area contributed by atoms with E-state index in [1.54, 1.807) is 20.8 Å². The fourth-order valence-electron chi connectivity index (χ4n) is 5.47. The van der Waals surface area contributed by atoms with E-state index in [1.807, 2.05) is 18.2 Å². The fourth-order valence-corrected chi connectivity index (χ4v) is 11.9. The van der Waals surface area contributed by atoms with Gasteiger partial charge in [0.15, 0.2) is 6.21 Å². The van der Waals surface area contributed by atoms with Crippen molar-refractivity contribution in [2.24, 2.45) is 5.92 Å². The summed E-state index contributed by atoms with van der Waals surface area (Å²) < 4.78 is 31.3. The van der Waals surface area contributed by atoms with Gasteiger partial charge in [-0.2, -0.15) is 0 Å². The van der Waals surface area contributed by atoms with Crippen LogP contribution >= 0.6 is 14.9 Å². The Hall–Kier alpha value is -2.54. The molecule has 0 bridgehead atoms. The summed E-state index contributed by atoms with van der Waals surface area (Å²) >= 11 is 0. The summed E-state index contributed by atoms with van der Waals surface area (Å²) in [5, 5.41) is 15.9. The molecular weight excluding hydrogens is 650 g/mol. The largest absolute Gasteiger partial charge is 1.00 e. The second-order valence-corrected chi connectivity index (χ2v) is 16.0. The maximum Gasteiger partial charge on any atom is 0.407 e. The molecule has 3 aromatic carbocycles. The van der Waals surface area contributed by atoms with Gasteiger partial charge in [0.05, 0.1) is 31.8 Å². The zero-order chi connectivity index (χ0) is 29.3. The van der Waals surface area contributed by atoms with Crippen molar-refractivity contribution in [1.82, 2.24) is 5.32 Å². The SMILES string of the molecule is C.CCOP(=O)(OCC)[C@@]1(C)[C@@H](COC(=O)NCC[P+](c2ccccc2)(c2ccccc2)c2ccccc2)CC=[N+]1O.[Br-]. The van der Waals surface area contributed by atoms with E-state index in [-0.39, 0.29) is 44.2 Å². The number of nitrogens with one attached hydrogen (secondary N) is 1. The van der Waals surface area contributed by atoms with Crippen LogP contribution < -0.4 is 38.2 Å². The van der Waals surface area contributed by atoms with Crippen molar-refractivity contribution in [3.63, 3.8) is 0 Å². The topological polar surface area (TPSA) is 97.1 Å². The van der Waals surface area contributed by atoms with Gasteiger partial charge in [-0.05, 0) is 55.0 Å². The molecule has 0 saturated carbocycles. The Kier molecular flexibility index (Phi) is 14.1. The van der Waals surface area contributed by atoms with Crippen molar-refractivity contribution in [2.75, 3.05) is 32.5 Å². The number of hydrogen-bond donors (Lipinski definition) is 2. The van der Waals surface area contributed by atoms with Gasteiger partial charge in [-0.3, -0.25) is 9.77 Å². The van der Waals surface area contributed by atoms with Crippen molar-refractivity contribution >= 4 is 43.1 Å². The number of hydrogen-bond acceptors (Lipinski definition) is 6. The number of ether oxygens (including phenoxy) is 1. The van der Waals surface area contributed by atoms with Gasteiger partial charge in [-0.1, -0.05) is 62.0 Å². The first-order chi connectivity index (χ1) is 19.8. The molecule has 1 aliphatic rings. The second kappa shape index (κ2) is 16.5. The van der Waals surface area contributed by atoms with Gasteiger partial charge >= 0.3 is 19.0 Å². The summed E-state index contributed by atoms with van der Waals surface area (Å²) in [6.45, 7) is 5.70. The molecule has 0 radical (unpaired) electrons. The molecule has 3 aromatic rings. The number of alkyl carbamates (subject to hydrolysis) is 1.